The molecule has 0 unspecified atom stereocenters. The van der Waals surface area contributed by atoms with Gasteiger partial charge in [0.25, 0.3) is 0 Å². The van der Waals surface area contributed by atoms with Gasteiger partial charge in [-0.15, -0.1) is 0 Å². The summed E-state index contributed by atoms with van der Waals surface area (Å²) >= 11 is 0. The number of rotatable bonds is 5. The number of aliphatic hydroxyl groups is 1. The van der Waals surface area contributed by atoms with Gasteiger partial charge in [0.2, 0.25) is 0 Å². The van der Waals surface area contributed by atoms with Crippen molar-refractivity contribution in [3.05, 3.63) is 66.0 Å². The third kappa shape index (κ3) is 3.39. The zero-order valence-corrected chi connectivity index (χ0v) is 10.5. The highest BCUT2D eigenvalue weighted by Crippen LogP contribution is 2.14. The van der Waals surface area contributed by atoms with Crippen molar-refractivity contribution >= 4 is 0 Å². The van der Waals surface area contributed by atoms with Crippen LogP contribution in [0.4, 0.5) is 0 Å². The molecule has 0 aliphatic rings. The van der Waals surface area contributed by atoms with E-state index in [9.17, 15) is 5.11 Å². The minimum absolute atomic E-state index is 0.200. The molecule has 3 nitrogen and oxygen atoms in total. The minimum Gasteiger partial charge on any atom is -0.387 e. The number of aromatic nitrogens is 1. The fourth-order valence-electron chi connectivity index (χ4n) is 1.85. The molecule has 2 atom stereocenters. The molecule has 0 saturated carbocycles. The number of aliphatic hydroxyl groups excluding tert-OH is 1. The predicted molar refractivity (Wildman–Crippen MR) is 72.1 cm³/mol. The Morgan fingerprint density at radius 3 is 2.39 bits per heavy atom. The zero-order valence-electron chi connectivity index (χ0n) is 10.5. The molecule has 0 fully saturated rings. The Morgan fingerprint density at radius 1 is 1.06 bits per heavy atom. The number of benzene rings is 1. The van der Waals surface area contributed by atoms with Gasteiger partial charge in [-0.3, -0.25) is 4.98 Å². The van der Waals surface area contributed by atoms with Crippen LogP contribution >= 0.6 is 0 Å². The van der Waals surface area contributed by atoms with E-state index in [0.29, 0.717) is 6.54 Å². The van der Waals surface area contributed by atoms with E-state index in [4.69, 9.17) is 0 Å². The highest BCUT2D eigenvalue weighted by molar-refractivity contribution is 5.18. The van der Waals surface area contributed by atoms with Crippen molar-refractivity contribution in [1.29, 1.82) is 0 Å². The number of nitrogens with zero attached hydrogens (tertiary/aromatic N) is 1. The summed E-state index contributed by atoms with van der Waals surface area (Å²) in [6, 6.07) is 13.8. The number of hydrogen-bond donors (Lipinski definition) is 2. The summed E-state index contributed by atoms with van der Waals surface area (Å²) in [7, 11) is 0. The molecule has 3 heteroatoms. The Kier molecular flexibility index (Phi) is 4.45. The van der Waals surface area contributed by atoms with Gasteiger partial charge in [-0.05, 0) is 30.2 Å². The number of nitrogens with one attached hydrogen (secondary N) is 1. The van der Waals surface area contributed by atoms with Crippen LogP contribution in [0.5, 0.6) is 0 Å². The molecule has 0 amide bonds. The van der Waals surface area contributed by atoms with Gasteiger partial charge in [0.1, 0.15) is 0 Å². The van der Waals surface area contributed by atoms with Gasteiger partial charge in [-0.1, -0.05) is 30.3 Å². The largest absolute Gasteiger partial charge is 0.387 e. The van der Waals surface area contributed by atoms with Crippen LogP contribution in [0, 0.1) is 0 Å². The second-order valence-corrected chi connectivity index (χ2v) is 4.34. The van der Waals surface area contributed by atoms with Gasteiger partial charge in [-0.25, -0.2) is 0 Å². The fraction of sp³-hybridized carbons (Fsp3) is 0.267. The Balaban J connectivity index is 1.89. The summed E-state index contributed by atoms with van der Waals surface area (Å²) in [5, 5.41) is 13.4. The van der Waals surface area contributed by atoms with Crippen molar-refractivity contribution in [2.24, 2.45) is 0 Å². The van der Waals surface area contributed by atoms with Gasteiger partial charge in [0.15, 0.2) is 0 Å². The van der Waals surface area contributed by atoms with E-state index in [1.165, 1.54) is 5.56 Å². The monoisotopic (exact) mass is 242 g/mol. The first-order valence-electron chi connectivity index (χ1n) is 6.13. The van der Waals surface area contributed by atoms with E-state index in [1.807, 2.05) is 42.5 Å². The lowest BCUT2D eigenvalue weighted by Crippen LogP contribution is -2.24. The van der Waals surface area contributed by atoms with E-state index in [0.717, 1.165) is 5.56 Å². The lowest BCUT2D eigenvalue weighted by atomic mass is 10.1. The number of hydrogen-bond acceptors (Lipinski definition) is 3. The molecule has 0 saturated heterocycles. The highest BCUT2D eigenvalue weighted by Gasteiger charge is 2.09. The topological polar surface area (TPSA) is 45.1 Å². The standard InChI is InChI=1S/C15H18N2O/c1-12(13-7-9-16-10-8-13)17-11-15(18)14-5-3-2-4-6-14/h2-10,12,15,17-18H,11H2,1H3/t12-,15-/m0/s1. The summed E-state index contributed by atoms with van der Waals surface area (Å²) < 4.78 is 0. The summed E-state index contributed by atoms with van der Waals surface area (Å²) in [4.78, 5) is 3.99. The second-order valence-electron chi connectivity index (χ2n) is 4.34. The second kappa shape index (κ2) is 6.28. The Hall–Kier alpha value is -1.71. The van der Waals surface area contributed by atoms with Gasteiger partial charge in [0.05, 0.1) is 6.10 Å². The molecule has 0 bridgehead atoms. The predicted octanol–water partition coefficient (Wildman–Crippen LogP) is 2.47. The Morgan fingerprint density at radius 2 is 1.72 bits per heavy atom. The van der Waals surface area contributed by atoms with Crippen LogP contribution in [-0.2, 0) is 0 Å². The molecule has 0 aliphatic carbocycles. The highest BCUT2D eigenvalue weighted by atomic mass is 16.3. The molecular formula is C15H18N2O. The van der Waals surface area contributed by atoms with Crippen LogP contribution in [0.1, 0.15) is 30.2 Å². The summed E-state index contributed by atoms with van der Waals surface area (Å²) in [5.74, 6) is 0. The molecular weight excluding hydrogens is 224 g/mol. The van der Waals surface area contributed by atoms with Crippen molar-refractivity contribution in [2.45, 2.75) is 19.1 Å². The maximum Gasteiger partial charge on any atom is 0.0914 e. The summed E-state index contributed by atoms with van der Waals surface area (Å²) in [6.07, 6.45) is 3.08. The van der Waals surface area contributed by atoms with Crippen molar-refractivity contribution in [3.63, 3.8) is 0 Å². The van der Waals surface area contributed by atoms with Crippen molar-refractivity contribution in [2.75, 3.05) is 6.54 Å². The molecule has 1 aromatic carbocycles. The molecule has 1 heterocycles. The van der Waals surface area contributed by atoms with Crippen LogP contribution < -0.4 is 5.32 Å². The average molecular weight is 242 g/mol. The smallest absolute Gasteiger partial charge is 0.0914 e. The van der Waals surface area contributed by atoms with E-state index < -0.39 is 6.10 Å². The van der Waals surface area contributed by atoms with Crippen LogP contribution in [-0.4, -0.2) is 16.6 Å². The van der Waals surface area contributed by atoms with Gasteiger partial charge in [0, 0.05) is 25.0 Å². The third-order valence-corrected chi connectivity index (χ3v) is 3.01. The summed E-state index contributed by atoms with van der Waals surface area (Å²) in [5.41, 5.74) is 2.11. The molecule has 0 spiro atoms. The maximum atomic E-state index is 10.0. The first-order chi connectivity index (χ1) is 8.77. The quantitative estimate of drug-likeness (QED) is 0.846. The molecule has 1 aromatic heterocycles. The van der Waals surface area contributed by atoms with E-state index in [1.54, 1.807) is 12.4 Å². The molecule has 0 radical (unpaired) electrons. The van der Waals surface area contributed by atoms with Crippen molar-refractivity contribution in [1.82, 2.24) is 10.3 Å². The van der Waals surface area contributed by atoms with Gasteiger partial charge in [-0.2, -0.15) is 0 Å². The third-order valence-electron chi connectivity index (χ3n) is 3.01. The van der Waals surface area contributed by atoms with E-state index >= 15 is 0 Å². The van der Waals surface area contributed by atoms with Crippen LogP contribution in [0.15, 0.2) is 54.9 Å². The van der Waals surface area contributed by atoms with Gasteiger partial charge < -0.3 is 10.4 Å². The number of pyridine rings is 1. The first kappa shape index (κ1) is 12.7. The molecule has 2 rings (SSSR count). The van der Waals surface area contributed by atoms with Crippen LogP contribution in [0.3, 0.4) is 0 Å². The molecule has 94 valence electrons. The lowest BCUT2D eigenvalue weighted by Gasteiger charge is -2.17. The Bertz CT molecular complexity index is 413. The normalized spacial score (nSPS) is 14.1. The van der Waals surface area contributed by atoms with E-state index in [-0.39, 0.29) is 6.04 Å². The molecule has 18 heavy (non-hydrogen) atoms. The molecule has 2 N–H and O–H groups in total. The first-order valence-corrected chi connectivity index (χ1v) is 6.13. The SMILES string of the molecule is C[C@H](NC[C@H](O)c1ccccc1)c1ccncc1. The maximum absolute atomic E-state index is 10.0. The van der Waals surface area contributed by atoms with Crippen LogP contribution in [0.25, 0.3) is 0 Å². The average Bonchev–Trinajstić information content (AvgIpc) is 2.46. The molecule has 2 aromatic rings. The summed E-state index contributed by atoms with van der Waals surface area (Å²) in [6.45, 7) is 2.61. The van der Waals surface area contributed by atoms with E-state index in [2.05, 4.69) is 17.2 Å². The lowest BCUT2D eigenvalue weighted by molar-refractivity contribution is 0.171. The van der Waals surface area contributed by atoms with Crippen molar-refractivity contribution in [3.8, 4) is 0 Å². The fourth-order valence-corrected chi connectivity index (χ4v) is 1.85. The Labute approximate surface area is 108 Å². The van der Waals surface area contributed by atoms with Crippen molar-refractivity contribution < 1.29 is 5.11 Å². The minimum atomic E-state index is -0.476. The zero-order chi connectivity index (χ0) is 12.8. The molecule has 0 aliphatic heterocycles. The van der Waals surface area contributed by atoms with Crippen LogP contribution in [0.2, 0.25) is 0 Å². The van der Waals surface area contributed by atoms with Gasteiger partial charge >= 0.3 is 0 Å².